The molecule has 4 nitrogen and oxygen atoms in total. The number of rotatable bonds is 5. The van der Waals surface area contributed by atoms with Crippen molar-refractivity contribution in [2.24, 2.45) is 4.99 Å². The molecule has 2 N–H and O–H groups in total. The van der Waals surface area contributed by atoms with Gasteiger partial charge in [0.1, 0.15) is 18.1 Å². The molecule has 4 heteroatoms. The molecule has 0 saturated carbocycles. The molecule has 0 saturated heterocycles. The predicted molar refractivity (Wildman–Crippen MR) is 105 cm³/mol. The van der Waals surface area contributed by atoms with Gasteiger partial charge >= 0.3 is 0 Å². The summed E-state index contributed by atoms with van der Waals surface area (Å²) in [6, 6.07) is 18.3. The summed E-state index contributed by atoms with van der Waals surface area (Å²) in [5, 5.41) is 0. The molecule has 3 heterocycles. The normalized spacial score (nSPS) is 15.2. The molecule has 1 aromatic carbocycles. The fourth-order valence-electron chi connectivity index (χ4n) is 2.92. The zero-order valence-corrected chi connectivity index (χ0v) is 14.9. The molecule has 0 atom stereocenters. The molecule has 26 heavy (non-hydrogen) atoms. The minimum atomic E-state index is 0.514. The summed E-state index contributed by atoms with van der Waals surface area (Å²) in [5.41, 5.74) is 7.08. The molecule has 0 spiro atoms. The lowest BCUT2D eigenvalue weighted by Crippen LogP contribution is -1.95. The molecule has 0 bridgehead atoms. The second-order valence-electron chi connectivity index (χ2n) is 6.46. The van der Waals surface area contributed by atoms with Crippen LogP contribution >= 0.6 is 0 Å². The number of aromatic amines is 2. The number of nitrogens with one attached hydrogen (secondary N) is 2. The van der Waals surface area contributed by atoms with E-state index in [1.807, 2.05) is 62.4 Å². The molecule has 0 amide bonds. The number of hydrogen-bond acceptors (Lipinski definition) is 2. The maximum absolute atomic E-state index is 6.09. The van der Waals surface area contributed by atoms with Gasteiger partial charge in [-0.2, -0.15) is 0 Å². The zero-order valence-electron chi connectivity index (χ0n) is 14.9. The van der Waals surface area contributed by atoms with E-state index in [1.165, 1.54) is 0 Å². The highest BCUT2D eigenvalue weighted by molar-refractivity contribution is 6.11. The van der Waals surface area contributed by atoms with E-state index in [-0.39, 0.29) is 0 Å². The molecule has 0 aliphatic carbocycles. The first-order valence-electron chi connectivity index (χ1n) is 8.68. The minimum Gasteiger partial charge on any atom is -0.487 e. The van der Waals surface area contributed by atoms with Gasteiger partial charge in [-0.05, 0) is 49.8 Å². The van der Waals surface area contributed by atoms with Crippen molar-refractivity contribution in [1.29, 1.82) is 0 Å². The summed E-state index contributed by atoms with van der Waals surface area (Å²) < 4.78 is 6.09. The van der Waals surface area contributed by atoms with Crippen LogP contribution in [0.15, 0.2) is 77.1 Å². The van der Waals surface area contributed by atoms with Crippen molar-refractivity contribution in [3.8, 4) is 0 Å². The van der Waals surface area contributed by atoms with Crippen LogP contribution in [0.3, 0.4) is 0 Å². The van der Waals surface area contributed by atoms with Crippen LogP contribution in [-0.2, 0) is 11.3 Å². The van der Waals surface area contributed by atoms with Gasteiger partial charge in [-0.3, -0.25) is 0 Å². The monoisotopic (exact) mass is 343 g/mol. The molecular weight excluding hydrogens is 322 g/mol. The van der Waals surface area contributed by atoms with Crippen molar-refractivity contribution >= 4 is 11.8 Å². The Balaban J connectivity index is 1.63. The van der Waals surface area contributed by atoms with Crippen molar-refractivity contribution < 1.29 is 4.74 Å². The second kappa shape index (κ2) is 6.92. The van der Waals surface area contributed by atoms with Crippen molar-refractivity contribution in [3.63, 3.8) is 0 Å². The number of hydrogen-bond donors (Lipinski definition) is 2. The highest BCUT2D eigenvalue weighted by Crippen LogP contribution is 2.26. The summed E-state index contributed by atoms with van der Waals surface area (Å²) in [7, 11) is 0. The minimum absolute atomic E-state index is 0.514. The number of allylic oxidation sites excluding steroid dienone is 1. The standard InChI is InChI=1S/C22H21N3O/c1-15-8-10-18(23-15)12-21-22(26-14-17-6-4-3-5-7-17)13-20(25-21)19-11-9-16(2)24-19/h3-13,23-24H,14H2,1-2H3. The van der Waals surface area contributed by atoms with Gasteiger partial charge in [0.2, 0.25) is 0 Å². The highest BCUT2D eigenvalue weighted by atomic mass is 16.5. The van der Waals surface area contributed by atoms with Gasteiger partial charge in [-0.25, -0.2) is 4.99 Å². The largest absolute Gasteiger partial charge is 0.487 e. The van der Waals surface area contributed by atoms with Gasteiger partial charge < -0.3 is 14.7 Å². The van der Waals surface area contributed by atoms with E-state index in [0.717, 1.165) is 45.5 Å². The fraction of sp³-hybridized carbons (Fsp3) is 0.136. The molecule has 130 valence electrons. The molecule has 1 aliphatic heterocycles. The molecule has 0 fully saturated rings. The van der Waals surface area contributed by atoms with Gasteiger partial charge in [0, 0.05) is 23.2 Å². The van der Waals surface area contributed by atoms with Crippen molar-refractivity contribution in [1.82, 2.24) is 9.97 Å². The number of nitrogens with zero attached hydrogens (tertiary/aromatic N) is 1. The van der Waals surface area contributed by atoms with E-state index in [1.54, 1.807) is 0 Å². The van der Waals surface area contributed by atoms with Gasteiger partial charge in [-0.15, -0.1) is 0 Å². The Kier molecular flexibility index (Phi) is 4.32. The Morgan fingerprint density at radius 1 is 0.923 bits per heavy atom. The lowest BCUT2D eigenvalue weighted by molar-refractivity contribution is 0.208. The van der Waals surface area contributed by atoms with Crippen LogP contribution in [0.4, 0.5) is 0 Å². The van der Waals surface area contributed by atoms with Crippen molar-refractivity contribution in [2.45, 2.75) is 20.5 Å². The first-order valence-corrected chi connectivity index (χ1v) is 8.68. The number of aromatic nitrogens is 2. The van der Waals surface area contributed by atoms with Crippen LogP contribution < -0.4 is 0 Å². The lowest BCUT2D eigenvalue weighted by Gasteiger charge is -2.07. The SMILES string of the molecule is Cc1ccc(C=C2N=C(c3ccc(C)[nH]3)C=C2OCc2ccccc2)[nH]1. The van der Waals surface area contributed by atoms with Gasteiger partial charge in [0.05, 0.1) is 11.4 Å². The van der Waals surface area contributed by atoms with Gasteiger partial charge in [-0.1, -0.05) is 30.3 Å². The number of benzene rings is 1. The number of ether oxygens (including phenoxy) is 1. The van der Waals surface area contributed by atoms with Gasteiger partial charge in [0.25, 0.3) is 0 Å². The Hall–Kier alpha value is -3.27. The Morgan fingerprint density at radius 3 is 2.38 bits per heavy atom. The smallest absolute Gasteiger partial charge is 0.147 e. The van der Waals surface area contributed by atoms with Crippen LogP contribution in [0, 0.1) is 13.8 Å². The van der Waals surface area contributed by atoms with E-state index in [0.29, 0.717) is 6.61 Å². The summed E-state index contributed by atoms with van der Waals surface area (Å²) >= 11 is 0. The van der Waals surface area contributed by atoms with Crippen molar-refractivity contribution in [3.05, 3.63) is 100 Å². The maximum atomic E-state index is 6.09. The Bertz CT molecular complexity index is 1000. The third kappa shape index (κ3) is 3.54. The Morgan fingerprint density at radius 2 is 1.69 bits per heavy atom. The van der Waals surface area contributed by atoms with E-state index >= 15 is 0 Å². The molecule has 4 rings (SSSR count). The number of H-pyrrole nitrogens is 2. The van der Waals surface area contributed by atoms with Crippen molar-refractivity contribution in [2.75, 3.05) is 0 Å². The third-order valence-electron chi connectivity index (χ3n) is 4.25. The van der Waals surface area contributed by atoms with E-state index in [4.69, 9.17) is 9.73 Å². The highest BCUT2D eigenvalue weighted by Gasteiger charge is 2.18. The molecule has 0 unspecified atom stereocenters. The van der Waals surface area contributed by atoms with Crippen LogP contribution in [0.25, 0.3) is 6.08 Å². The summed E-state index contributed by atoms with van der Waals surface area (Å²) in [5.74, 6) is 0.781. The molecule has 0 radical (unpaired) electrons. The number of aryl methyl sites for hydroxylation is 2. The molecule has 1 aliphatic rings. The first kappa shape index (κ1) is 16.2. The third-order valence-corrected chi connectivity index (χ3v) is 4.25. The summed E-state index contributed by atoms with van der Waals surface area (Å²) in [6.45, 7) is 4.59. The quantitative estimate of drug-likeness (QED) is 0.680. The average Bonchev–Trinajstić information content (AvgIpc) is 3.35. The Labute approximate surface area is 153 Å². The number of aliphatic imine (C=N–C) groups is 1. The maximum Gasteiger partial charge on any atom is 0.147 e. The molecular formula is C22H21N3O. The lowest BCUT2D eigenvalue weighted by atomic mass is 10.2. The van der Waals surface area contributed by atoms with E-state index in [9.17, 15) is 0 Å². The molecule has 3 aromatic rings. The van der Waals surface area contributed by atoms with Gasteiger partial charge in [0.15, 0.2) is 0 Å². The molecule has 2 aromatic heterocycles. The van der Waals surface area contributed by atoms with E-state index in [2.05, 4.69) is 28.2 Å². The second-order valence-corrected chi connectivity index (χ2v) is 6.46. The van der Waals surface area contributed by atoms with Crippen LogP contribution in [0.1, 0.15) is 28.3 Å². The topological polar surface area (TPSA) is 53.2 Å². The predicted octanol–water partition coefficient (Wildman–Crippen LogP) is 4.90. The van der Waals surface area contributed by atoms with Crippen LogP contribution in [0.5, 0.6) is 0 Å². The first-order chi connectivity index (χ1) is 12.7. The fourth-order valence-corrected chi connectivity index (χ4v) is 2.92. The van der Waals surface area contributed by atoms with Crippen LogP contribution in [-0.4, -0.2) is 15.7 Å². The average molecular weight is 343 g/mol. The zero-order chi connectivity index (χ0) is 17.9. The summed E-state index contributed by atoms with van der Waals surface area (Å²) in [4.78, 5) is 11.4. The van der Waals surface area contributed by atoms with Crippen LogP contribution in [0.2, 0.25) is 0 Å². The summed E-state index contributed by atoms with van der Waals surface area (Å²) in [6.07, 6.45) is 4.02. The van der Waals surface area contributed by atoms with E-state index < -0.39 is 0 Å².